The van der Waals surface area contributed by atoms with Crippen molar-refractivity contribution in [2.24, 2.45) is 5.84 Å². The van der Waals surface area contributed by atoms with Gasteiger partial charge in [0.25, 0.3) is 11.6 Å². The third kappa shape index (κ3) is 3.28. The number of nitro groups is 1. The van der Waals surface area contributed by atoms with Crippen LogP contribution in [0.25, 0.3) is 0 Å². The van der Waals surface area contributed by atoms with Gasteiger partial charge in [0.15, 0.2) is 5.82 Å². The van der Waals surface area contributed by atoms with Crippen LogP contribution in [0.4, 0.5) is 17.2 Å². The Morgan fingerprint density at radius 1 is 1.38 bits per heavy atom. The van der Waals surface area contributed by atoms with E-state index in [1.165, 1.54) is 30.6 Å². The zero-order valence-corrected chi connectivity index (χ0v) is 11.0. The smallest absolute Gasteiger partial charge is 0.275 e. The number of carbonyl (C=O) groups excluding carboxylic acids is 1. The van der Waals surface area contributed by atoms with Gasteiger partial charge < -0.3 is 10.7 Å². The van der Waals surface area contributed by atoms with Crippen LogP contribution in [0.3, 0.4) is 0 Å². The summed E-state index contributed by atoms with van der Waals surface area (Å²) in [6.45, 7) is 1.66. The molecular weight excluding hydrogens is 276 g/mol. The fraction of sp³-hybridized carbons (Fsp3) is 0.0833. The van der Waals surface area contributed by atoms with Crippen molar-refractivity contribution in [3.8, 4) is 0 Å². The maximum Gasteiger partial charge on any atom is 0.275 e. The van der Waals surface area contributed by atoms with E-state index < -0.39 is 10.8 Å². The second-order valence-electron chi connectivity index (χ2n) is 4.14. The van der Waals surface area contributed by atoms with Gasteiger partial charge in [-0.25, -0.2) is 10.8 Å². The molecule has 0 atom stereocenters. The highest BCUT2D eigenvalue weighted by Gasteiger charge is 2.13. The molecule has 0 aliphatic rings. The molecule has 9 nitrogen and oxygen atoms in total. The predicted octanol–water partition coefficient (Wildman–Crippen LogP) is 1.23. The van der Waals surface area contributed by atoms with E-state index in [1.54, 1.807) is 6.92 Å². The Morgan fingerprint density at radius 2 is 2.14 bits per heavy atom. The van der Waals surface area contributed by atoms with Crippen molar-refractivity contribution >= 4 is 23.1 Å². The van der Waals surface area contributed by atoms with Crippen molar-refractivity contribution < 1.29 is 9.72 Å². The van der Waals surface area contributed by atoms with E-state index in [9.17, 15) is 14.9 Å². The van der Waals surface area contributed by atoms with E-state index in [2.05, 4.69) is 20.7 Å². The largest absolute Gasteiger partial charge is 0.320 e. The molecule has 1 heterocycles. The molecule has 1 amide bonds. The molecular formula is C12H12N6O3. The summed E-state index contributed by atoms with van der Waals surface area (Å²) in [7, 11) is 0. The van der Waals surface area contributed by atoms with E-state index in [4.69, 9.17) is 5.84 Å². The number of nitrogens with one attached hydrogen (secondary N) is 2. The van der Waals surface area contributed by atoms with Gasteiger partial charge in [-0.15, -0.1) is 0 Å². The Balaban J connectivity index is 2.21. The molecule has 2 rings (SSSR count). The van der Waals surface area contributed by atoms with Gasteiger partial charge in [-0.05, 0) is 18.6 Å². The zero-order chi connectivity index (χ0) is 15.4. The molecule has 108 valence electrons. The van der Waals surface area contributed by atoms with Gasteiger partial charge in [-0.1, -0.05) is 0 Å². The number of hydrogen-bond donors (Lipinski definition) is 3. The third-order valence-corrected chi connectivity index (χ3v) is 2.68. The number of nitrogen functional groups attached to an aromatic ring is 1. The lowest BCUT2D eigenvalue weighted by atomic mass is 10.1. The van der Waals surface area contributed by atoms with Gasteiger partial charge in [-0.2, -0.15) is 0 Å². The molecule has 0 aliphatic heterocycles. The molecule has 4 N–H and O–H groups in total. The lowest BCUT2D eigenvalue weighted by Gasteiger charge is -2.08. The topological polar surface area (TPSA) is 136 Å². The number of aromatic nitrogens is 2. The first kappa shape index (κ1) is 14.3. The average molecular weight is 288 g/mol. The van der Waals surface area contributed by atoms with Crippen LogP contribution >= 0.6 is 0 Å². The highest BCUT2D eigenvalue weighted by Crippen LogP contribution is 2.21. The Kier molecular flexibility index (Phi) is 4.05. The van der Waals surface area contributed by atoms with Crippen LogP contribution in [0.2, 0.25) is 0 Å². The molecule has 0 aliphatic carbocycles. The summed E-state index contributed by atoms with van der Waals surface area (Å²) in [6.07, 6.45) is 2.66. The molecule has 0 bridgehead atoms. The Morgan fingerprint density at radius 3 is 2.76 bits per heavy atom. The van der Waals surface area contributed by atoms with Gasteiger partial charge in [0.1, 0.15) is 5.69 Å². The minimum atomic E-state index is -0.500. The highest BCUT2D eigenvalue weighted by molar-refractivity contribution is 6.03. The van der Waals surface area contributed by atoms with Crippen molar-refractivity contribution in [3.63, 3.8) is 0 Å². The second-order valence-corrected chi connectivity index (χ2v) is 4.14. The van der Waals surface area contributed by atoms with Gasteiger partial charge >= 0.3 is 0 Å². The van der Waals surface area contributed by atoms with Crippen molar-refractivity contribution in [1.82, 2.24) is 9.97 Å². The fourth-order valence-corrected chi connectivity index (χ4v) is 1.63. The second kappa shape index (κ2) is 5.92. The van der Waals surface area contributed by atoms with Gasteiger partial charge in [0.2, 0.25) is 0 Å². The summed E-state index contributed by atoms with van der Waals surface area (Å²) >= 11 is 0. The van der Waals surface area contributed by atoms with Crippen molar-refractivity contribution in [1.29, 1.82) is 0 Å². The Labute approximate surface area is 119 Å². The molecule has 1 aromatic carbocycles. The molecule has 2 aromatic rings. The van der Waals surface area contributed by atoms with Crippen molar-refractivity contribution in [2.45, 2.75) is 6.92 Å². The predicted molar refractivity (Wildman–Crippen MR) is 75.6 cm³/mol. The van der Waals surface area contributed by atoms with Crippen LogP contribution < -0.4 is 16.6 Å². The SMILES string of the molecule is Cc1cc([N+](=O)[O-])ccc1NC(=O)c1cncc(NN)n1. The van der Waals surface area contributed by atoms with Crippen LogP contribution in [-0.2, 0) is 0 Å². The number of nitrogens with two attached hydrogens (primary N) is 1. The molecule has 0 radical (unpaired) electrons. The number of anilines is 2. The monoisotopic (exact) mass is 288 g/mol. The molecule has 21 heavy (non-hydrogen) atoms. The van der Waals surface area contributed by atoms with Gasteiger partial charge in [-0.3, -0.25) is 19.9 Å². The number of benzene rings is 1. The molecule has 9 heteroatoms. The number of amides is 1. The number of rotatable bonds is 4. The quantitative estimate of drug-likeness (QED) is 0.437. The Bertz CT molecular complexity index is 703. The first-order valence-corrected chi connectivity index (χ1v) is 5.86. The molecule has 0 spiro atoms. The summed E-state index contributed by atoms with van der Waals surface area (Å²) in [6, 6.07) is 4.15. The number of hydrogen-bond acceptors (Lipinski definition) is 7. The first-order valence-electron chi connectivity index (χ1n) is 5.86. The summed E-state index contributed by atoms with van der Waals surface area (Å²) in [5, 5.41) is 13.3. The number of non-ortho nitro benzene ring substituents is 1. The van der Waals surface area contributed by atoms with Crippen LogP contribution in [-0.4, -0.2) is 20.8 Å². The minimum Gasteiger partial charge on any atom is -0.320 e. The molecule has 0 unspecified atom stereocenters. The normalized spacial score (nSPS) is 10.0. The summed E-state index contributed by atoms with van der Waals surface area (Å²) < 4.78 is 0. The van der Waals surface area contributed by atoms with Gasteiger partial charge in [0, 0.05) is 17.8 Å². The van der Waals surface area contributed by atoms with Crippen molar-refractivity contribution in [3.05, 3.63) is 52.0 Å². The lowest BCUT2D eigenvalue weighted by Crippen LogP contribution is -2.17. The lowest BCUT2D eigenvalue weighted by molar-refractivity contribution is -0.384. The van der Waals surface area contributed by atoms with E-state index >= 15 is 0 Å². The van der Waals surface area contributed by atoms with Crippen LogP contribution in [0.1, 0.15) is 16.1 Å². The molecule has 0 saturated heterocycles. The van der Waals surface area contributed by atoms with E-state index in [0.717, 1.165) is 0 Å². The number of nitrogens with zero attached hydrogens (tertiary/aromatic N) is 3. The number of nitro benzene ring substituents is 1. The third-order valence-electron chi connectivity index (χ3n) is 2.68. The first-order chi connectivity index (χ1) is 10.0. The number of hydrazine groups is 1. The van der Waals surface area contributed by atoms with Crippen LogP contribution in [0.15, 0.2) is 30.6 Å². The van der Waals surface area contributed by atoms with Gasteiger partial charge in [0.05, 0.1) is 17.3 Å². The maximum absolute atomic E-state index is 12.0. The zero-order valence-electron chi connectivity index (χ0n) is 11.0. The standard InChI is InChI=1S/C12H12N6O3/c1-7-4-8(18(20)21)2-3-9(7)16-12(19)10-5-14-6-11(15-10)17-13/h2-6H,13H2,1H3,(H,15,17)(H,16,19). The van der Waals surface area contributed by atoms with Crippen LogP contribution in [0, 0.1) is 17.0 Å². The van der Waals surface area contributed by atoms with E-state index in [-0.39, 0.29) is 17.2 Å². The van der Waals surface area contributed by atoms with Crippen LogP contribution in [0.5, 0.6) is 0 Å². The summed E-state index contributed by atoms with van der Waals surface area (Å²) in [5.74, 6) is 4.96. The molecule has 0 saturated carbocycles. The molecule has 1 aromatic heterocycles. The van der Waals surface area contributed by atoms with Crippen molar-refractivity contribution in [2.75, 3.05) is 10.7 Å². The van der Waals surface area contributed by atoms with E-state index in [0.29, 0.717) is 11.3 Å². The fourth-order valence-electron chi connectivity index (χ4n) is 1.63. The number of aryl methyl sites for hydroxylation is 1. The number of carbonyl (C=O) groups is 1. The highest BCUT2D eigenvalue weighted by atomic mass is 16.6. The summed E-state index contributed by atoms with van der Waals surface area (Å²) in [5.41, 5.74) is 3.34. The summed E-state index contributed by atoms with van der Waals surface area (Å²) in [4.78, 5) is 30.0. The minimum absolute atomic E-state index is 0.0420. The maximum atomic E-state index is 12.0. The Hall–Kier alpha value is -3.07. The van der Waals surface area contributed by atoms with E-state index in [1.807, 2.05) is 0 Å². The average Bonchev–Trinajstić information content (AvgIpc) is 2.49. The molecule has 0 fully saturated rings.